The number of piperidine rings is 1. The lowest BCUT2D eigenvalue weighted by atomic mass is 9.92. The van der Waals surface area contributed by atoms with Crippen molar-refractivity contribution >= 4 is 40.6 Å². The van der Waals surface area contributed by atoms with Gasteiger partial charge >= 0.3 is 5.97 Å². The number of hydrogen-bond acceptors (Lipinski definition) is 7. The monoisotopic (exact) mass is 673 g/mol. The van der Waals surface area contributed by atoms with Crippen molar-refractivity contribution in [1.29, 1.82) is 0 Å². The number of esters is 1. The van der Waals surface area contributed by atoms with Crippen LogP contribution >= 0.6 is 23.2 Å². The molecule has 7 rings (SSSR count). The summed E-state index contributed by atoms with van der Waals surface area (Å²) in [6.07, 6.45) is 1.48. The lowest BCUT2D eigenvalue weighted by molar-refractivity contribution is -0.139. The van der Waals surface area contributed by atoms with E-state index in [-0.39, 0.29) is 42.8 Å². The summed E-state index contributed by atoms with van der Waals surface area (Å²) in [7, 11) is 1.36. The number of hydrogen-bond donors (Lipinski definition) is 0. The van der Waals surface area contributed by atoms with E-state index in [4.69, 9.17) is 47.1 Å². The van der Waals surface area contributed by atoms with E-state index in [1.807, 2.05) is 23.5 Å². The van der Waals surface area contributed by atoms with Crippen molar-refractivity contribution in [1.82, 2.24) is 9.38 Å². The van der Waals surface area contributed by atoms with E-state index in [0.717, 1.165) is 47.5 Å². The average molecular weight is 675 g/mol. The number of fused-ring (bicyclic) bond motifs is 8. The number of nitrogens with zero attached hydrogens (tertiary/aromatic N) is 3. The van der Waals surface area contributed by atoms with Crippen LogP contribution in [0.1, 0.15) is 36.5 Å². The lowest BCUT2D eigenvalue weighted by Gasteiger charge is -2.41. The summed E-state index contributed by atoms with van der Waals surface area (Å²) in [6, 6.07) is 9.41. The number of carbonyl (C=O) groups excluding carboxylic acids is 1. The standard InChI is InChI=1S/C34H35Cl2F2N3O5/c1-20-23(17-29(42)43-3)33-40-9-7-34(2,8-10-40)46-14-12-44-11-13-45-28-18-27(38)26(37)16-24(28)21-5-4-6-22(15-21)30-31(36)41(33)32(39-30)25(20)19-35/h4-6,15-16,18H,7-14,17,19H2,1-3H3. The van der Waals surface area contributed by atoms with Gasteiger partial charge in [0.25, 0.3) is 0 Å². The molecule has 3 aliphatic heterocycles. The molecule has 1 fully saturated rings. The van der Waals surface area contributed by atoms with E-state index in [9.17, 15) is 13.6 Å². The van der Waals surface area contributed by atoms with Crippen molar-refractivity contribution in [2.24, 2.45) is 0 Å². The van der Waals surface area contributed by atoms with Gasteiger partial charge in [-0.15, -0.1) is 11.6 Å². The number of aromatic nitrogens is 2. The normalized spacial score (nSPS) is 16.7. The number of ether oxygens (including phenoxy) is 4. The highest BCUT2D eigenvalue weighted by Gasteiger charge is 2.35. The molecule has 244 valence electrons. The van der Waals surface area contributed by atoms with Gasteiger partial charge in [-0.3, -0.25) is 9.20 Å². The maximum atomic E-state index is 14.5. The Kier molecular flexibility index (Phi) is 9.43. The van der Waals surface area contributed by atoms with Gasteiger partial charge in [-0.05, 0) is 49.9 Å². The quantitative estimate of drug-likeness (QED) is 0.130. The fourth-order valence-corrected chi connectivity index (χ4v) is 6.89. The molecule has 0 atom stereocenters. The summed E-state index contributed by atoms with van der Waals surface area (Å²) in [6.45, 7) is 6.44. The number of alkyl halides is 1. The van der Waals surface area contributed by atoms with Gasteiger partial charge in [-0.2, -0.15) is 0 Å². The van der Waals surface area contributed by atoms with E-state index in [0.29, 0.717) is 59.5 Å². The first kappa shape index (κ1) is 32.5. The summed E-state index contributed by atoms with van der Waals surface area (Å²) in [5.41, 5.74) is 4.62. The zero-order valence-corrected chi connectivity index (χ0v) is 27.4. The Balaban J connectivity index is 1.58. The molecule has 46 heavy (non-hydrogen) atoms. The molecule has 0 N–H and O–H groups in total. The third kappa shape index (κ3) is 6.15. The number of halogens is 4. The van der Waals surface area contributed by atoms with Crippen LogP contribution in [0.25, 0.3) is 28.0 Å². The molecule has 6 bridgehead atoms. The molecule has 0 radical (unpaired) electrons. The number of methoxy groups -OCH3 is 1. The summed E-state index contributed by atoms with van der Waals surface area (Å²) in [4.78, 5) is 19.9. The van der Waals surface area contributed by atoms with Crippen LogP contribution in [0.3, 0.4) is 0 Å². The Labute approximate surface area is 276 Å². The SMILES string of the molecule is COC(=O)Cc1c(C)c(CCl)c2nc3c(Cl)n2c1N1CCC(C)(CC1)OCCOCCOc1cc(F)c(F)cc1-c1cccc-3c1. The molecule has 0 amide bonds. The lowest BCUT2D eigenvalue weighted by Crippen LogP contribution is -2.45. The van der Waals surface area contributed by atoms with Gasteiger partial charge in [0.1, 0.15) is 34.7 Å². The van der Waals surface area contributed by atoms with Gasteiger partial charge in [0, 0.05) is 41.4 Å². The zero-order chi connectivity index (χ0) is 32.6. The maximum absolute atomic E-state index is 14.5. The topological polar surface area (TPSA) is 74.5 Å². The molecule has 0 saturated carbocycles. The smallest absolute Gasteiger partial charge is 0.310 e. The van der Waals surface area contributed by atoms with Crippen LogP contribution in [0.5, 0.6) is 5.75 Å². The summed E-state index contributed by atoms with van der Waals surface area (Å²) >= 11 is 13.8. The molecule has 0 aliphatic carbocycles. The molecule has 12 heteroatoms. The summed E-state index contributed by atoms with van der Waals surface area (Å²) < 4.78 is 53.8. The molecule has 2 aromatic heterocycles. The number of benzene rings is 2. The molecule has 3 aliphatic rings. The average Bonchev–Trinajstić information content (AvgIpc) is 3.38. The number of carbonyl (C=O) groups is 1. The van der Waals surface area contributed by atoms with Crippen LogP contribution in [0.2, 0.25) is 5.15 Å². The van der Waals surface area contributed by atoms with Crippen molar-refractivity contribution in [3.63, 3.8) is 0 Å². The Morgan fingerprint density at radius 3 is 2.50 bits per heavy atom. The minimum atomic E-state index is -1.01. The predicted molar refractivity (Wildman–Crippen MR) is 173 cm³/mol. The highest BCUT2D eigenvalue weighted by molar-refractivity contribution is 6.32. The maximum Gasteiger partial charge on any atom is 0.310 e. The van der Waals surface area contributed by atoms with E-state index in [2.05, 4.69) is 11.8 Å². The Morgan fingerprint density at radius 1 is 1.04 bits per heavy atom. The van der Waals surface area contributed by atoms with Crippen LogP contribution < -0.4 is 9.64 Å². The summed E-state index contributed by atoms with van der Waals surface area (Å²) in [5.74, 6) is -1.32. The van der Waals surface area contributed by atoms with Crippen molar-refractivity contribution < 1.29 is 32.5 Å². The van der Waals surface area contributed by atoms with Gasteiger partial charge in [-0.1, -0.05) is 29.8 Å². The highest BCUT2D eigenvalue weighted by atomic mass is 35.5. The van der Waals surface area contributed by atoms with Gasteiger partial charge in [0.2, 0.25) is 0 Å². The molecule has 5 heterocycles. The van der Waals surface area contributed by atoms with E-state index in [1.54, 1.807) is 12.1 Å². The van der Waals surface area contributed by atoms with E-state index < -0.39 is 11.6 Å². The molecule has 1 saturated heterocycles. The number of imidazole rings is 1. The zero-order valence-electron chi connectivity index (χ0n) is 25.9. The third-order valence-electron chi connectivity index (χ3n) is 8.91. The van der Waals surface area contributed by atoms with Crippen LogP contribution in [0, 0.1) is 18.6 Å². The van der Waals surface area contributed by atoms with Gasteiger partial charge in [-0.25, -0.2) is 13.8 Å². The van der Waals surface area contributed by atoms with Crippen LogP contribution in [-0.2, 0) is 31.3 Å². The van der Waals surface area contributed by atoms with Crippen molar-refractivity contribution in [3.05, 3.63) is 69.9 Å². The molecular formula is C34H35Cl2F2N3O5. The Bertz CT molecular complexity index is 1790. The van der Waals surface area contributed by atoms with Crippen molar-refractivity contribution in [2.75, 3.05) is 51.5 Å². The van der Waals surface area contributed by atoms with Crippen LogP contribution in [0.15, 0.2) is 36.4 Å². The minimum absolute atomic E-state index is 0.0251. The first-order valence-electron chi connectivity index (χ1n) is 15.2. The second kappa shape index (κ2) is 13.4. The fourth-order valence-electron chi connectivity index (χ4n) is 6.26. The number of anilines is 1. The Morgan fingerprint density at radius 2 is 1.76 bits per heavy atom. The van der Waals surface area contributed by atoms with Crippen LogP contribution in [-0.4, -0.2) is 67.6 Å². The molecule has 4 aromatic rings. The molecule has 8 nitrogen and oxygen atoms in total. The van der Waals surface area contributed by atoms with Crippen molar-refractivity contribution in [3.8, 4) is 28.1 Å². The highest BCUT2D eigenvalue weighted by Crippen LogP contribution is 2.41. The molecule has 0 spiro atoms. The predicted octanol–water partition coefficient (Wildman–Crippen LogP) is 7.15. The van der Waals surface area contributed by atoms with Gasteiger partial charge in [0.15, 0.2) is 11.6 Å². The first-order chi connectivity index (χ1) is 22.1. The van der Waals surface area contributed by atoms with Gasteiger partial charge in [0.05, 0.1) is 44.8 Å². The second-order valence-electron chi connectivity index (χ2n) is 11.8. The fraction of sp³-hybridized carbons (Fsp3) is 0.412. The third-order valence-corrected chi connectivity index (χ3v) is 9.53. The largest absolute Gasteiger partial charge is 0.490 e. The van der Waals surface area contributed by atoms with Crippen LogP contribution in [0.4, 0.5) is 14.6 Å². The molecular weight excluding hydrogens is 639 g/mol. The van der Waals surface area contributed by atoms with E-state index >= 15 is 0 Å². The number of pyridine rings is 1. The van der Waals surface area contributed by atoms with Crippen molar-refractivity contribution in [2.45, 2.75) is 44.6 Å². The second-order valence-corrected chi connectivity index (χ2v) is 12.4. The minimum Gasteiger partial charge on any atom is -0.490 e. The van der Waals surface area contributed by atoms with Gasteiger partial charge < -0.3 is 23.8 Å². The molecule has 2 aromatic carbocycles. The Hall–Kier alpha value is -3.44. The first-order valence-corrected chi connectivity index (χ1v) is 16.1. The molecule has 0 unspecified atom stereocenters. The van der Waals surface area contributed by atoms with E-state index in [1.165, 1.54) is 7.11 Å². The summed E-state index contributed by atoms with van der Waals surface area (Å²) in [5, 5.41) is 0.331. The number of rotatable bonds is 3.